The summed E-state index contributed by atoms with van der Waals surface area (Å²) >= 11 is 0. The second-order valence-corrected chi connectivity index (χ2v) is 8.21. The molecule has 1 aliphatic carbocycles. The molecule has 2 aromatic heterocycles. The van der Waals surface area contributed by atoms with Crippen LogP contribution >= 0.6 is 0 Å². The lowest BCUT2D eigenvalue weighted by Gasteiger charge is -2.24. The van der Waals surface area contributed by atoms with Crippen molar-refractivity contribution in [3.63, 3.8) is 0 Å². The number of allylic oxidation sites excluding steroid dienone is 1. The van der Waals surface area contributed by atoms with E-state index in [1.165, 1.54) is 21.1 Å². The van der Waals surface area contributed by atoms with Crippen LogP contribution in [0.25, 0.3) is 0 Å². The Morgan fingerprint density at radius 1 is 1.24 bits per heavy atom. The van der Waals surface area contributed by atoms with Gasteiger partial charge in [-0.1, -0.05) is 47.1 Å². The zero-order chi connectivity index (χ0) is 23.4. The molecule has 0 unspecified atom stereocenters. The van der Waals surface area contributed by atoms with Gasteiger partial charge in [-0.3, -0.25) is 24.0 Å². The Morgan fingerprint density at radius 3 is 2.70 bits per heavy atom. The first-order valence-electron chi connectivity index (χ1n) is 11.0. The average molecular weight is 450 g/mol. The van der Waals surface area contributed by atoms with Crippen LogP contribution in [-0.4, -0.2) is 27.2 Å². The molecule has 0 atom stereocenters. The molecule has 3 N–H and O–H groups in total. The van der Waals surface area contributed by atoms with Crippen LogP contribution in [0.4, 0.5) is 11.5 Å². The van der Waals surface area contributed by atoms with E-state index in [1.54, 1.807) is 6.92 Å². The molecule has 172 valence electrons. The van der Waals surface area contributed by atoms with E-state index in [9.17, 15) is 14.4 Å². The normalized spacial score (nSPS) is 13.5. The minimum Gasteiger partial charge on any atom is -0.383 e. The smallest absolute Gasteiger partial charge is 0.330 e. The number of anilines is 2. The van der Waals surface area contributed by atoms with Crippen molar-refractivity contribution in [2.75, 3.05) is 17.2 Å². The molecule has 9 nitrogen and oxygen atoms in total. The van der Waals surface area contributed by atoms with E-state index in [1.807, 2.05) is 30.3 Å². The number of aryl methyl sites for hydroxylation is 1. The fourth-order valence-electron chi connectivity index (χ4n) is 4.06. The zero-order valence-electron chi connectivity index (χ0n) is 18.5. The first kappa shape index (κ1) is 22.3. The number of nitrogens with two attached hydrogens (primary N) is 1. The average Bonchev–Trinajstić information content (AvgIpc) is 3.26. The maximum atomic E-state index is 13.4. The van der Waals surface area contributed by atoms with Crippen molar-refractivity contribution in [3.8, 4) is 0 Å². The van der Waals surface area contributed by atoms with Gasteiger partial charge in [-0.25, -0.2) is 4.79 Å². The third kappa shape index (κ3) is 4.97. The summed E-state index contributed by atoms with van der Waals surface area (Å²) in [7, 11) is 0. The lowest BCUT2D eigenvalue weighted by atomic mass is 9.97. The molecule has 2 heterocycles. The van der Waals surface area contributed by atoms with Crippen LogP contribution in [-0.2, 0) is 6.54 Å². The quantitative estimate of drug-likeness (QED) is 0.534. The Hall–Kier alpha value is -3.88. The molecule has 0 aliphatic heterocycles. The van der Waals surface area contributed by atoms with Gasteiger partial charge in [0.05, 0.1) is 12.2 Å². The number of hydrogen-bond acceptors (Lipinski definition) is 6. The summed E-state index contributed by atoms with van der Waals surface area (Å²) in [5, 5.41) is 3.79. The topological polar surface area (TPSA) is 127 Å². The SMILES string of the molecule is Cc1cc(C(=O)N(CCC2=CCCCC2)c2c(N)n(Cc3ccccc3)c(=O)[nH]c2=O)on1. The molecular weight excluding hydrogens is 422 g/mol. The number of hydrogen-bond donors (Lipinski definition) is 2. The van der Waals surface area contributed by atoms with Crippen LogP contribution in [0.3, 0.4) is 0 Å². The molecule has 0 saturated carbocycles. The summed E-state index contributed by atoms with van der Waals surface area (Å²) in [6.07, 6.45) is 7.01. The molecule has 0 saturated heterocycles. The van der Waals surface area contributed by atoms with Gasteiger partial charge in [-0.15, -0.1) is 0 Å². The van der Waals surface area contributed by atoms with Crippen molar-refractivity contribution in [3.05, 3.63) is 85.9 Å². The summed E-state index contributed by atoms with van der Waals surface area (Å²) < 4.78 is 6.43. The fourth-order valence-corrected chi connectivity index (χ4v) is 4.06. The highest BCUT2D eigenvalue weighted by Gasteiger charge is 2.28. The third-order valence-electron chi connectivity index (χ3n) is 5.79. The summed E-state index contributed by atoms with van der Waals surface area (Å²) in [6.45, 7) is 2.09. The van der Waals surface area contributed by atoms with E-state index < -0.39 is 17.2 Å². The molecule has 4 rings (SSSR count). The number of H-pyrrole nitrogens is 1. The first-order chi connectivity index (χ1) is 15.9. The van der Waals surface area contributed by atoms with Crippen molar-refractivity contribution in [2.45, 2.75) is 45.6 Å². The monoisotopic (exact) mass is 449 g/mol. The summed E-state index contributed by atoms with van der Waals surface area (Å²) in [6, 6.07) is 10.8. The van der Waals surface area contributed by atoms with Gasteiger partial charge in [0.2, 0.25) is 5.76 Å². The van der Waals surface area contributed by atoms with Crippen LogP contribution in [0.5, 0.6) is 0 Å². The van der Waals surface area contributed by atoms with Crippen molar-refractivity contribution in [1.29, 1.82) is 0 Å². The van der Waals surface area contributed by atoms with Crippen LogP contribution in [0.2, 0.25) is 0 Å². The van der Waals surface area contributed by atoms with Crippen molar-refractivity contribution < 1.29 is 9.32 Å². The van der Waals surface area contributed by atoms with Crippen molar-refractivity contribution in [2.24, 2.45) is 0 Å². The zero-order valence-corrected chi connectivity index (χ0v) is 18.5. The second kappa shape index (κ2) is 9.72. The van der Waals surface area contributed by atoms with E-state index in [0.29, 0.717) is 12.1 Å². The van der Waals surface area contributed by atoms with E-state index in [-0.39, 0.29) is 30.4 Å². The van der Waals surface area contributed by atoms with Gasteiger partial charge in [0.1, 0.15) is 5.82 Å². The Labute approximate surface area is 190 Å². The highest BCUT2D eigenvalue weighted by molar-refractivity contribution is 6.05. The molecule has 1 aromatic carbocycles. The van der Waals surface area contributed by atoms with Gasteiger partial charge in [-0.05, 0) is 44.6 Å². The van der Waals surface area contributed by atoms with Crippen LogP contribution in [0.15, 0.2) is 62.2 Å². The molecule has 1 amide bonds. The maximum Gasteiger partial charge on any atom is 0.330 e. The van der Waals surface area contributed by atoms with Crippen LogP contribution in [0, 0.1) is 6.92 Å². The molecular formula is C24H27N5O4. The molecule has 0 spiro atoms. The number of nitrogens with zero attached hydrogens (tertiary/aromatic N) is 3. The van der Waals surface area contributed by atoms with Gasteiger partial charge in [0.15, 0.2) is 5.69 Å². The highest BCUT2D eigenvalue weighted by Crippen LogP contribution is 2.25. The van der Waals surface area contributed by atoms with Gasteiger partial charge in [0.25, 0.3) is 11.5 Å². The Kier molecular flexibility index (Phi) is 6.58. The van der Waals surface area contributed by atoms with Gasteiger partial charge in [-0.2, -0.15) is 0 Å². The third-order valence-corrected chi connectivity index (χ3v) is 5.79. The molecule has 3 aromatic rings. The van der Waals surface area contributed by atoms with E-state index in [2.05, 4.69) is 16.2 Å². The minimum atomic E-state index is -0.718. The Bertz CT molecular complexity index is 1290. The van der Waals surface area contributed by atoms with Crippen molar-refractivity contribution in [1.82, 2.24) is 14.7 Å². The van der Waals surface area contributed by atoms with E-state index in [4.69, 9.17) is 10.3 Å². The highest BCUT2D eigenvalue weighted by atomic mass is 16.5. The number of nitrogens with one attached hydrogen (secondary N) is 1. The predicted octanol–water partition coefficient (Wildman–Crippen LogP) is 3.00. The van der Waals surface area contributed by atoms with Gasteiger partial charge >= 0.3 is 5.69 Å². The molecule has 33 heavy (non-hydrogen) atoms. The van der Waals surface area contributed by atoms with Crippen LogP contribution in [0.1, 0.15) is 53.9 Å². The number of nitrogen functional groups attached to an aromatic ring is 1. The molecule has 1 aliphatic rings. The summed E-state index contributed by atoms with van der Waals surface area (Å²) in [5.74, 6) is -0.603. The number of amides is 1. The lowest BCUT2D eigenvalue weighted by molar-refractivity contribution is 0.0951. The van der Waals surface area contributed by atoms with Gasteiger partial charge in [0, 0.05) is 12.6 Å². The minimum absolute atomic E-state index is 0.00438. The number of benzene rings is 1. The fraction of sp³-hybridized carbons (Fsp3) is 0.333. The number of carbonyl (C=O) groups is 1. The van der Waals surface area contributed by atoms with Gasteiger partial charge < -0.3 is 10.3 Å². The number of aromatic nitrogens is 3. The Balaban J connectivity index is 1.75. The van der Waals surface area contributed by atoms with E-state index in [0.717, 1.165) is 31.2 Å². The molecule has 9 heteroatoms. The first-order valence-corrected chi connectivity index (χ1v) is 11.0. The molecule has 0 radical (unpaired) electrons. The van der Waals surface area contributed by atoms with Crippen LogP contribution < -0.4 is 21.9 Å². The largest absolute Gasteiger partial charge is 0.383 e. The summed E-state index contributed by atoms with van der Waals surface area (Å²) in [4.78, 5) is 42.4. The standard InChI is InChI=1S/C24H27N5O4/c1-16-14-19(33-27-16)23(31)28(13-12-17-8-4-2-5-9-17)20-21(25)29(24(32)26-22(20)30)15-18-10-6-3-7-11-18/h3,6-8,10-11,14H,2,4-5,9,12-13,15,25H2,1H3,(H,26,30,32). The maximum absolute atomic E-state index is 13.4. The predicted molar refractivity (Wildman–Crippen MR) is 125 cm³/mol. The number of carbonyl (C=O) groups excluding carboxylic acids is 1. The lowest BCUT2D eigenvalue weighted by Crippen LogP contribution is -2.41. The van der Waals surface area contributed by atoms with E-state index >= 15 is 0 Å². The number of aromatic amines is 1. The summed E-state index contributed by atoms with van der Waals surface area (Å²) in [5.41, 5.74) is 7.54. The molecule has 0 fully saturated rings. The molecule has 0 bridgehead atoms. The van der Waals surface area contributed by atoms with Crippen molar-refractivity contribution >= 4 is 17.4 Å². The Morgan fingerprint density at radius 2 is 2.03 bits per heavy atom. The number of rotatable bonds is 7. The second-order valence-electron chi connectivity index (χ2n) is 8.21.